The zero-order valence-corrected chi connectivity index (χ0v) is 9.50. The van der Waals surface area contributed by atoms with Gasteiger partial charge in [-0.2, -0.15) is 5.26 Å². The fourth-order valence-electron chi connectivity index (χ4n) is 2.47. The summed E-state index contributed by atoms with van der Waals surface area (Å²) >= 11 is 0. The Hall–Kier alpha value is -2.08. The fourth-order valence-corrected chi connectivity index (χ4v) is 2.47. The van der Waals surface area contributed by atoms with Crippen LogP contribution in [0.15, 0.2) is 36.8 Å². The molecule has 0 radical (unpaired) electrons. The molecule has 3 nitrogen and oxygen atoms in total. The Bertz CT molecular complexity index is 560. The Balaban J connectivity index is 1.84. The lowest BCUT2D eigenvalue weighted by atomic mass is 9.90. The van der Waals surface area contributed by atoms with E-state index in [0.29, 0.717) is 5.92 Å². The van der Waals surface area contributed by atoms with Gasteiger partial charge in [-0.25, -0.2) is 4.98 Å². The molecule has 0 fully saturated rings. The second-order valence-electron chi connectivity index (χ2n) is 4.51. The molecule has 1 unspecified atom stereocenters. The number of benzene rings is 1. The molecule has 1 aliphatic heterocycles. The van der Waals surface area contributed by atoms with Crippen molar-refractivity contribution in [1.29, 1.82) is 5.26 Å². The quantitative estimate of drug-likeness (QED) is 0.745. The van der Waals surface area contributed by atoms with Crippen molar-refractivity contribution in [2.24, 2.45) is 0 Å². The average molecular weight is 223 g/mol. The third-order valence-electron chi connectivity index (χ3n) is 3.48. The van der Waals surface area contributed by atoms with Crippen LogP contribution in [0.4, 0.5) is 0 Å². The van der Waals surface area contributed by atoms with Crippen molar-refractivity contribution in [2.75, 3.05) is 0 Å². The minimum Gasteiger partial charge on any atom is -0.334 e. The van der Waals surface area contributed by atoms with Crippen molar-refractivity contribution in [3.8, 4) is 6.07 Å². The molecule has 1 aromatic carbocycles. The first-order chi connectivity index (χ1) is 8.36. The van der Waals surface area contributed by atoms with E-state index < -0.39 is 0 Å². The molecule has 3 heteroatoms. The highest BCUT2D eigenvalue weighted by molar-refractivity contribution is 5.33. The van der Waals surface area contributed by atoms with Crippen LogP contribution in [0.25, 0.3) is 0 Å². The second-order valence-corrected chi connectivity index (χ2v) is 4.51. The molecule has 0 saturated heterocycles. The van der Waals surface area contributed by atoms with Gasteiger partial charge in [-0.1, -0.05) is 12.1 Å². The van der Waals surface area contributed by atoms with E-state index in [1.54, 1.807) is 0 Å². The van der Waals surface area contributed by atoms with Crippen LogP contribution in [0.1, 0.15) is 29.2 Å². The highest BCUT2D eigenvalue weighted by atomic mass is 15.1. The van der Waals surface area contributed by atoms with Gasteiger partial charge >= 0.3 is 0 Å². The molecule has 0 N–H and O–H groups in total. The first-order valence-electron chi connectivity index (χ1n) is 5.86. The SMILES string of the molecule is N#Cc1ccc(C2CCc3cncn3C2)cc1. The number of aromatic nitrogens is 2. The molecule has 2 aromatic rings. The van der Waals surface area contributed by atoms with Gasteiger partial charge in [-0.05, 0) is 30.5 Å². The highest BCUT2D eigenvalue weighted by Crippen LogP contribution is 2.28. The number of fused-ring (bicyclic) bond motifs is 1. The Morgan fingerprint density at radius 2 is 2.12 bits per heavy atom. The summed E-state index contributed by atoms with van der Waals surface area (Å²) in [6.07, 6.45) is 6.11. The molecule has 84 valence electrons. The fraction of sp³-hybridized carbons (Fsp3) is 0.286. The molecule has 0 spiro atoms. The summed E-state index contributed by atoms with van der Waals surface area (Å²) in [6.45, 7) is 1.00. The number of aryl methyl sites for hydroxylation is 1. The van der Waals surface area contributed by atoms with Crippen LogP contribution in [-0.2, 0) is 13.0 Å². The first-order valence-corrected chi connectivity index (χ1v) is 5.86. The Kier molecular flexibility index (Phi) is 2.41. The number of rotatable bonds is 1. The molecule has 1 atom stereocenters. The summed E-state index contributed by atoms with van der Waals surface area (Å²) < 4.78 is 2.23. The van der Waals surface area contributed by atoms with E-state index in [1.165, 1.54) is 11.3 Å². The van der Waals surface area contributed by atoms with Gasteiger partial charge in [-0.15, -0.1) is 0 Å². The topological polar surface area (TPSA) is 41.6 Å². The minimum atomic E-state index is 0.546. The Labute approximate surface area is 100 Å². The zero-order chi connectivity index (χ0) is 11.7. The molecule has 2 heterocycles. The number of nitriles is 1. The Morgan fingerprint density at radius 3 is 2.88 bits per heavy atom. The summed E-state index contributed by atoms with van der Waals surface area (Å²) in [5, 5.41) is 8.78. The van der Waals surface area contributed by atoms with Gasteiger partial charge in [0.2, 0.25) is 0 Å². The number of hydrogen-bond donors (Lipinski definition) is 0. The summed E-state index contributed by atoms with van der Waals surface area (Å²) in [7, 11) is 0. The van der Waals surface area contributed by atoms with Crippen LogP contribution in [0, 0.1) is 11.3 Å². The molecule has 3 rings (SSSR count). The Morgan fingerprint density at radius 1 is 1.29 bits per heavy atom. The van der Waals surface area contributed by atoms with Crippen molar-refractivity contribution in [3.05, 3.63) is 53.6 Å². The largest absolute Gasteiger partial charge is 0.334 e. The zero-order valence-electron chi connectivity index (χ0n) is 9.50. The maximum Gasteiger partial charge on any atom is 0.0991 e. The van der Waals surface area contributed by atoms with Gasteiger partial charge < -0.3 is 4.57 Å². The summed E-state index contributed by atoms with van der Waals surface area (Å²) in [4.78, 5) is 4.18. The summed E-state index contributed by atoms with van der Waals surface area (Å²) in [5.41, 5.74) is 3.38. The van der Waals surface area contributed by atoms with Crippen LogP contribution in [-0.4, -0.2) is 9.55 Å². The van der Waals surface area contributed by atoms with Crippen molar-refractivity contribution in [2.45, 2.75) is 25.3 Å². The van der Waals surface area contributed by atoms with Crippen molar-refractivity contribution < 1.29 is 0 Å². The number of nitrogens with zero attached hydrogens (tertiary/aromatic N) is 3. The molecule has 0 bridgehead atoms. The maximum absolute atomic E-state index is 8.78. The van der Waals surface area contributed by atoms with E-state index >= 15 is 0 Å². The van der Waals surface area contributed by atoms with E-state index in [0.717, 1.165) is 24.9 Å². The lowest BCUT2D eigenvalue weighted by Crippen LogP contribution is -2.17. The molecule has 1 aliphatic rings. The monoisotopic (exact) mass is 223 g/mol. The van der Waals surface area contributed by atoms with Crippen molar-refractivity contribution in [3.63, 3.8) is 0 Å². The van der Waals surface area contributed by atoms with E-state index in [-0.39, 0.29) is 0 Å². The molecule has 0 saturated carbocycles. The van der Waals surface area contributed by atoms with Crippen LogP contribution in [0.2, 0.25) is 0 Å². The average Bonchev–Trinajstić information content (AvgIpc) is 2.86. The maximum atomic E-state index is 8.78. The normalized spacial score (nSPS) is 18.4. The second kappa shape index (κ2) is 4.06. The lowest BCUT2D eigenvalue weighted by Gasteiger charge is -2.24. The molecule has 17 heavy (non-hydrogen) atoms. The van der Waals surface area contributed by atoms with E-state index in [4.69, 9.17) is 5.26 Å². The number of imidazole rings is 1. The summed E-state index contributed by atoms with van der Waals surface area (Å²) in [5.74, 6) is 0.546. The van der Waals surface area contributed by atoms with Crippen LogP contribution >= 0.6 is 0 Å². The molecule has 0 aliphatic carbocycles. The van der Waals surface area contributed by atoms with E-state index in [9.17, 15) is 0 Å². The van der Waals surface area contributed by atoms with E-state index in [1.807, 2.05) is 24.7 Å². The standard InChI is InChI=1S/C14H13N3/c15-7-11-1-3-12(4-2-11)13-5-6-14-8-16-10-17(14)9-13/h1-4,8,10,13H,5-6,9H2. The predicted molar refractivity (Wildman–Crippen MR) is 64.4 cm³/mol. The minimum absolute atomic E-state index is 0.546. The smallest absolute Gasteiger partial charge is 0.0991 e. The van der Waals surface area contributed by atoms with Gasteiger partial charge in [0.05, 0.1) is 18.0 Å². The highest BCUT2D eigenvalue weighted by Gasteiger charge is 2.19. The third-order valence-corrected chi connectivity index (χ3v) is 3.48. The van der Waals surface area contributed by atoms with Crippen molar-refractivity contribution in [1.82, 2.24) is 9.55 Å². The molecular formula is C14H13N3. The van der Waals surface area contributed by atoms with Crippen LogP contribution in [0.3, 0.4) is 0 Å². The van der Waals surface area contributed by atoms with Crippen LogP contribution < -0.4 is 0 Å². The number of hydrogen-bond acceptors (Lipinski definition) is 2. The predicted octanol–water partition coefficient (Wildman–Crippen LogP) is 2.48. The van der Waals surface area contributed by atoms with Crippen LogP contribution in [0.5, 0.6) is 0 Å². The van der Waals surface area contributed by atoms with Crippen molar-refractivity contribution >= 4 is 0 Å². The van der Waals surface area contributed by atoms with E-state index in [2.05, 4.69) is 27.8 Å². The molecule has 0 amide bonds. The van der Waals surface area contributed by atoms with Gasteiger partial charge in [0.1, 0.15) is 0 Å². The first kappa shape index (κ1) is 10.1. The van der Waals surface area contributed by atoms with Gasteiger partial charge in [-0.3, -0.25) is 0 Å². The molecular weight excluding hydrogens is 210 g/mol. The van der Waals surface area contributed by atoms with Gasteiger partial charge in [0, 0.05) is 24.4 Å². The van der Waals surface area contributed by atoms with Gasteiger partial charge in [0.25, 0.3) is 0 Å². The third kappa shape index (κ3) is 1.83. The lowest BCUT2D eigenvalue weighted by molar-refractivity contribution is 0.463. The van der Waals surface area contributed by atoms with Gasteiger partial charge in [0.15, 0.2) is 0 Å². The summed E-state index contributed by atoms with van der Waals surface area (Å²) in [6, 6.07) is 10.1. The molecule has 1 aromatic heterocycles.